The fraction of sp³-hybridized carbons (Fsp3) is 0.900. The highest BCUT2D eigenvalue weighted by atomic mass is 16.1. The van der Waals surface area contributed by atoms with E-state index in [1.807, 2.05) is 0 Å². The predicted molar refractivity (Wildman–Crippen MR) is 53.5 cm³/mol. The molecule has 0 spiro atoms. The summed E-state index contributed by atoms with van der Waals surface area (Å²) in [5.74, 6) is 0.117. The number of amides is 1. The number of rotatable bonds is 5. The van der Waals surface area contributed by atoms with Crippen LogP contribution in [0.15, 0.2) is 0 Å². The summed E-state index contributed by atoms with van der Waals surface area (Å²) in [4.78, 5) is 10.9. The van der Waals surface area contributed by atoms with Gasteiger partial charge in [0.25, 0.3) is 0 Å². The zero-order valence-electron chi connectivity index (χ0n) is 8.65. The SMILES string of the molecule is CNC(=O)CCNCC1(C)CCC1. The standard InChI is InChI=1S/C10H20N2O/c1-10(5-3-6-10)8-12-7-4-9(13)11-2/h12H,3-8H2,1-2H3,(H,11,13). The van der Waals surface area contributed by atoms with Gasteiger partial charge in [-0.2, -0.15) is 0 Å². The van der Waals surface area contributed by atoms with Crippen LogP contribution in [0, 0.1) is 5.41 Å². The third-order valence-corrected chi connectivity index (χ3v) is 2.92. The summed E-state index contributed by atoms with van der Waals surface area (Å²) >= 11 is 0. The van der Waals surface area contributed by atoms with E-state index in [0.717, 1.165) is 13.1 Å². The molecule has 1 fully saturated rings. The second-order valence-electron chi connectivity index (χ2n) is 4.26. The van der Waals surface area contributed by atoms with Crippen LogP contribution in [-0.4, -0.2) is 26.0 Å². The van der Waals surface area contributed by atoms with Crippen molar-refractivity contribution < 1.29 is 4.79 Å². The van der Waals surface area contributed by atoms with Crippen molar-refractivity contribution in [2.75, 3.05) is 20.1 Å². The van der Waals surface area contributed by atoms with Gasteiger partial charge in [0.05, 0.1) is 0 Å². The minimum Gasteiger partial charge on any atom is -0.359 e. The van der Waals surface area contributed by atoms with Crippen LogP contribution in [-0.2, 0) is 4.79 Å². The van der Waals surface area contributed by atoms with E-state index in [0.29, 0.717) is 11.8 Å². The number of carbonyl (C=O) groups is 1. The Labute approximate surface area is 80.3 Å². The van der Waals surface area contributed by atoms with Gasteiger partial charge in [0.15, 0.2) is 0 Å². The lowest BCUT2D eigenvalue weighted by Crippen LogP contribution is -2.38. The van der Waals surface area contributed by atoms with E-state index >= 15 is 0 Å². The first-order valence-electron chi connectivity index (χ1n) is 5.08. The molecule has 0 aromatic rings. The van der Waals surface area contributed by atoms with Crippen LogP contribution in [0.1, 0.15) is 32.6 Å². The number of nitrogens with one attached hydrogen (secondary N) is 2. The molecule has 0 saturated heterocycles. The highest BCUT2D eigenvalue weighted by molar-refractivity contribution is 5.75. The Morgan fingerprint density at radius 1 is 1.46 bits per heavy atom. The van der Waals surface area contributed by atoms with Gasteiger partial charge in [-0.3, -0.25) is 4.79 Å². The van der Waals surface area contributed by atoms with Gasteiger partial charge in [-0.1, -0.05) is 13.3 Å². The molecule has 1 aliphatic rings. The lowest BCUT2D eigenvalue weighted by Gasteiger charge is -2.38. The van der Waals surface area contributed by atoms with Crippen molar-refractivity contribution in [3.8, 4) is 0 Å². The quantitative estimate of drug-likeness (QED) is 0.623. The number of hydrogen-bond donors (Lipinski definition) is 2. The van der Waals surface area contributed by atoms with E-state index in [-0.39, 0.29) is 5.91 Å². The van der Waals surface area contributed by atoms with Gasteiger partial charge in [0.1, 0.15) is 0 Å². The average molecular weight is 184 g/mol. The molecule has 1 saturated carbocycles. The van der Waals surface area contributed by atoms with Crippen molar-refractivity contribution in [1.82, 2.24) is 10.6 Å². The molecule has 0 aliphatic heterocycles. The van der Waals surface area contributed by atoms with Crippen molar-refractivity contribution in [1.29, 1.82) is 0 Å². The van der Waals surface area contributed by atoms with E-state index in [1.54, 1.807) is 7.05 Å². The van der Waals surface area contributed by atoms with Gasteiger partial charge in [-0.25, -0.2) is 0 Å². The summed E-state index contributed by atoms with van der Waals surface area (Å²) in [5, 5.41) is 5.94. The zero-order chi connectivity index (χ0) is 9.73. The molecule has 0 aromatic heterocycles. The van der Waals surface area contributed by atoms with E-state index in [1.165, 1.54) is 19.3 Å². The maximum atomic E-state index is 10.9. The Kier molecular flexibility index (Phi) is 3.72. The summed E-state index contributed by atoms with van der Waals surface area (Å²) in [7, 11) is 1.68. The summed E-state index contributed by atoms with van der Waals surface area (Å²) < 4.78 is 0. The molecule has 0 bridgehead atoms. The normalized spacial score (nSPS) is 19.2. The van der Waals surface area contributed by atoms with Crippen molar-refractivity contribution in [3.05, 3.63) is 0 Å². The van der Waals surface area contributed by atoms with Crippen LogP contribution in [0.3, 0.4) is 0 Å². The van der Waals surface area contributed by atoms with Gasteiger partial charge < -0.3 is 10.6 Å². The summed E-state index contributed by atoms with van der Waals surface area (Å²) in [5.41, 5.74) is 0.517. The van der Waals surface area contributed by atoms with Crippen molar-refractivity contribution in [3.63, 3.8) is 0 Å². The Morgan fingerprint density at radius 2 is 2.15 bits per heavy atom. The smallest absolute Gasteiger partial charge is 0.221 e. The summed E-state index contributed by atoms with van der Waals surface area (Å²) in [6.45, 7) is 4.17. The zero-order valence-corrected chi connectivity index (χ0v) is 8.65. The molecule has 1 amide bonds. The second kappa shape index (κ2) is 4.61. The number of carbonyl (C=O) groups excluding carboxylic acids is 1. The van der Waals surface area contributed by atoms with Crippen LogP contribution in [0.4, 0.5) is 0 Å². The molecule has 13 heavy (non-hydrogen) atoms. The van der Waals surface area contributed by atoms with Gasteiger partial charge in [-0.05, 0) is 18.3 Å². The van der Waals surface area contributed by atoms with Gasteiger partial charge >= 0.3 is 0 Å². The van der Waals surface area contributed by atoms with Crippen molar-refractivity contribution in [2.45, 2.75) is 32.6 Å². The first-order chi connectivity index (χ1) is 6.16. The molecule has 1 aliphatic carbocycles. The van der Waals surface area contributed by atoms with Crippen molar-refractivity contribution in [2.24, 2.45) is 5.41 Å². The van der Waals surface area contributed by atoms with E-state index in [9.17, 15) is 4.79 Å². The maximum absolute atomic E-state index is 10.9. The van der Waals surface area contributed by atoms with Crippen LogP contribution in [0.2, 0.25) is 0 Å². The Hall–Kier alpha value is -0.570. The van der Waals surface area contributed by atoms with E-state index in [4.69, 9.17) is 0 Å². The molecule has 3 heteroatoms. The van der Waals surface area contributed by atoms with E-state index in [2.05, 4.69) is 17.6 Å². The molecule has 0 aromatic carbocycles. The highest BCUT2D eigenvalue weighted by Gasteiger charge is 2.30. The van der Waals surface area contributed by atoms with Crippen LogP contribution >= 0.6 is 0 Å². The molecule has 1 rings (SSSR count). The predicted octanol–water partition coefficient (Wildman–Crippen LogP) is 0.902. The number of hydrogen-bond acceptors (Lipinski definition) is 2. The van der Waals surface area contributed by atoms with Crippen LogP contribution < -0.4 is 10.6 Å². The molecule has 0 unspecified atom stereocenters. The minimum atomic E-state index is 0.117. The third kappa shape index (κ3) is 3.35. The topological polar surface area (TPSA) is 41.1 Å². The van der Waals surface area contributed by atoms with Gasteiger partial charge in [-0.15, -0.1) is 0 Å². The maximum Gasteiger partial charge on any atom is 0.221 e. The molecule has 0 atom stereocenters. The lowest BCUT2D eigenvalue weighted by atomic mass is 9.70. The van der Waals surface area contributed by atoms with Gasteiger partial charge in [0.2, 0.25) is 5.91 Å². The molecular weight excluding hydrogens is 164 g/mol. The molecule has 2 N–H and O–H groups in total. The summed E-state index contributed by atoms with van der Waals surface area (Å²) in [6.07, 6.45) is 4.63. The van der Waals surface area contributed by atoms with Crippen LogP contribution in [0.25, 0.3) is 0 Å². The Balaban J connectivity index is 1.98. The molecule has 3 nitrogen and oxygen atoms in total. The third-order valence-electron chi connectivity index (χ3n) is 2.92. The fourth-order valence-electron chi connectivity index (χ4n) is 1.67. The Morgan fingerprint density at radius 3 is 2.62 bits per heavy atom. The molecule has 0 radical (unpaired) electrons. The van der Waals surface area contributed by atoms with E-state index < -0.39 is 0 Å². The highest BCUT2D eigenvalue weighted by Crippen LogP contribution is 2.39. The summed E-state index contributed by atoms with van der Waals surface area (Å²) in [6, 6.07) is 0. The van der Waals surface area contributed by atoms with Crippen LogP contribution in [0.5, 0.6) is 0 Å². The first-order valence-corrected chi connectivity index (χ1v) is 5.08. The molecular formula is C10H20N2O. The monoisotopic (exact) mass is 184 g/mol. The Bertz CT molecular complexity index is 176. The molecule has 76 valence electrons. The van der Waals surface area contributed by atoms with Gasteiger partial charge in [0, 0.05) is 26.6 Å². The lowest BCUT2D eigenvalue weighted by molar-refractivity contribution is -0.120. The first kappa shape index (κ1) is 10.5. The largest absolute Gasteiger partial charge is 0.359 e. The minimum absolute atomic E-state index is 0.117. The fourth-order valence-corrected chi connectivity index (χ4v) is 1.67. The second-order valence-corrected chi connectivity index (χ2v) is 4.26. The average Bonchev–Trinajstić information content (AvgIpc) is 2.09. The molecule has 0 heterocycles. The van der Waals surface area contributed by atoms with Crippen molar-refractivity contribution >= 4 is 5.91 Å².